The highest BCUT2D eigenvalue weighted by atomic mass is 32.1. The second-order valence-corrected chi connectivity index (χ2v) is 11.0. The maximum Gasteiger partial charge on any atom is 0.363 e. The first-order valence-corrected chi connectivity index (χ1v) is 15.0. The molecular weight excluding hydrogens is 567 g/mol. The van der Waals surface area contributed by atoms with Gasteiger partial charge in [-0.05, 0) is 25.7 Å². The smallest absolute Gasteiger partial charge is 0.363 e. The number of aromatic nitrogens is 1. The average Bonchev–Trinajstić information content (AvgIpc) is 3.45. The Kier molecular flexibility index (Phi) is 14.1. The number of hydrogen-bond donors (Lipinski definition) is 0. The van der Waals surface area contributed by atoms with Crippen molar-refractivity contribution in [1.29, 1.82) is 0 Å². The van der Waals surface area contributed by atoms with Crippen molar-refractivity contribution < 1.29 is 41.0 Å². The van der Waals surface area contributed by atoms with Gasteiger partial charge in [-0.2, -0.15) is 8.78 Å². The number of nitrogens with zero attached hydrogens (tertiary/aromatic N) is 2. The molecule has 1 aromatic heterocycles. The van der Waals surface area contributed by atoms with Crippen molar-refractivity contribution in [2.45, 2.75) is 98.1 Å². The van der Waals surface area contributed by atoms with Crippen LogP contribution in [0.2, 0.25) is 0 Å². The van der Waals surface area contributed by atoms with Crippen molar-refractivity contribution in [3.05, 3.63) is 45.2 Å². The molecule has 230 valence electrons. The summed E-state index contributed by atoms with van der Waals surface area (Å²) >= 11 is 1.03. The summed E-state index contributed by atoms with van der Waals surface area (Å²) in [6, 6.07) is -0.190. The molecular formula is C29H39F5N2O4S. The van der Waals surface area contributed by atoms with Gasteiger partial charge in [0.1, 0.15) is 11.1 Å². The largest absolute Gasteiger partial charge is 0.415 e. The number of carbonyl (C=O) groups is 2. The third-order valence-electron chi connectivity index (χ3n) is 6.68. The molecule has 1 aromatic carbocycles. The number of unbranched alkanes of at least 4 members (excludes halogenated alkanes) is 4. The summed E-state index contributed by atoms with van der Waals surface area (Å²) in [6.07, 6.45) is 5.92. The number of esters is 1. The monoisotopic (exact) mass is 606 g/mol. The quantitative estimate of drug-likeness (QED) is 0.0454. The van der Waals surface area contributed by atoms with E-state index in [2.05, 4.69) is 16.6 Å². The standard InChI is InChI=1S/C29H39F5N2O4S/c1-6-9-11-12-14-36(21(37)13-10-7-2)19(17(4)5)15-20(39-8-3)28-35-18(16-41-28)29(38)40-27-25(33)23(31)22(30)24(32)26(27)34/h16-17,19-20H,6-15H2,1-5H3. The molecule has 2 atom stereocenters. The van der Waals surface area contributed by atoms with Gasteiger partial charge in [-0.15, -0.1) is 11.3 Å². The zero-order valence-corrected chi connectivity index (χ0v) is 25.0. The van der Waals surface area contributed by atoms with Crippen molar-refractivity contribution >= 4 is 23.2 Å². The van der Waals surface area contributed by atoms with E-state index < -0.39 is 46.9 Å². The van der Waals surface area contributed by atoms with Gasteiger partial charge in [0, 0.05) is 37.4 Å². The van der Waals surface area contributed by atoms with E-state index in [1.165, 1.54) is 5.38 Å². The molecule has 2 aromatic rings. The van der Waals surface area contributed by atoms with E-state index >= 15 is 0 Å². The van der Waals surface area contributed by atoms with Crippen LogP contribution in [0.15, 0.2) is 5.38 Å². The Labute approximate surface area is 242 Å². The summed E-state index contributed by atoms with van der Waals surface area (Å²) in [5.74, 6) is -14.3. The van der Waals surface area contributed by atoms with Crippen LogP contribution in [0.1, 0.15) is 108 Å². The van der Waals surface area contributed by atoms with Crippen LogP contribution in [-0.4, -0.2) is 41.0 Å². The maximum atomic E-state index is 14.0. The SMILES string of the molecule is CCCCCCN(C(=O)CCCC)C(CC(OCC)c1nc(C(=O)Oc2c(F)c(F)c(F)c(F)c2F)cs1)C(C)C. The Bertz CT molecular complexity index is 1130. The van der Waals surface area contributed by atoms with E-state index in [0.29, 0.717) is 31.0 Å². The molecule has 0 fully saturated rings. The lowest BCUT2D eigenvalue weighted by Gasteiger charge is -2.36. The third-order valence-corrected chi connectivity index (χ3v) is 7.62. The molecule has 0 saturated carbocycles. The van der Waals surface area contributed by atoms with Gasteiger partial charge in [0.15, 0.2) is 5.69 Å². The first-order chi connectivity index (χ1) is 19.5. The van der Waals surface area contributed by atoms with Crippen molar-refractivity contribution in [2.24, 2.45) is 5.92 Å². The highest BCUT2D eigenvalue weighted by Gasteiger charge is 2.32. The number of thiazole rings is 1. The van der Waals surface area contributed by atoms with E-state index in [0.717, 1.165) is 49.9 Å². The fourth-order valence-electron chi connectivity index (χ4n) is 4.42. The molecule has 0 aliphatic carbocycles. The van der Waals surface area contributed by atoms with Crippen LogP contribution in [-0.2, 0) is 9.53 Å². The molecule has 0 radical (unpaired) electrons. The summed E-state index contributed by atoms with van der Waals surface area (Å²) in [7, 11) is 0. The average molecular weight is 607 g/mol. The summed E-state index contributed by atoms with van der Waals surface area (Å²) in [5, 5.41) is 1.61. The van der Waals surface area contributed by atoms with E-state index in [1.807, 2.05) is 25.7 Å². The van der Waals surface area contributed by atoms with Crippen molar-refractivity contribution in [3.63, 3.8) is 0 Å². The van der Waals surface area contributed by atoms with Gasteiger partial charge in [-0.3, -0.25) is 4.79 Å². The van der Waals surface area contributed by atoms with Gasteiger partial charge >= 0.3 is 5.97 Å². The van der Waals surface area contributed by atoms with Crippen molar-refractivity contribution in [1.82, 2.24) is 9.88 Å². The Morgan fingerprint density at radius 1 is 0.902 bits per heavy atom. The maximum absolute atomic E-state index is 14.0. The van der Waals surface area contributed by atoms with Crippen molar-refractivity contribution in [2.75, 3.05) is 13.2 Å². The summed E-state index contributed by atoms with van der Waals surface area (Å²) < 4.78 is 78.9. The van der Waals surface area contributed by atoms with E-state index in [1.54, 1.807) is 6.92 Å². The minimum atomic E-state index is -2.36. The van der Waals surface area contributed by atoms with Gasteiger partial charge < -0.3 is 14.4 Å². The van der Waals surface area contributed by atoms with E-state index in [9.17, 15) is 31.5 Å². The number of ether oxygens (including phenoxy) is 2. The number of hydrogen-bond acceptors (Lipinski definition) is 6. The van der Waals surface area contributed by atoms with E-state index in [-0.39, 0.29) is 23.6 Å². The van der Waals surface area contributed by atoms with Crippen LogP contribution >= 0.6 is 11.3 Å². The summed E-state index contributed by atoms with van der Waals surface area (Å²) in [5.41, 5.74) is -0.379. The lowest BCUT2D eigenvalue weighted by molar-refractivity contribution is -0.135. The van der Waals surface area contributed by atoms with Gasteiger partial charge in [0.2, 0.25) is 40.7 Å². The van der Waals surface area contributed by atoms with Crippen LogP contribution in [0, 0.1) is 35.0 Å². The zero-order chi connectivity index (χ0) is 30.7. The second-order valence-electron chi connectivity index (χ2n) is 10.1. The first kappa shape index (κ1) is 34.6. The minimum absolute atomic E-state index is 0.0727. The number of amides is 1. The molecule has 0 saturated heterocycles. The van der Waals surface area contributed by atoms with Gasteiger partial charge in [-0.1, -0.05) is 53.4 Å². The minimum Gasteiger partial charge on any atom is -0.415 e. The molecule has 41 heavy (non-hydrogen) atoms. The number of carbonyl (C=O) groups excluding carboxylic acids is 2. The predicted octanol–water partition coefficient (Wildman–Crippen LogP) is 8.15. The van der Waals surface area contributed by atoms with Crippen LogP contribution in [0.3, 0.4) is 0 Å². The molecule has 1 amide bonds. The number of benzene rings is 1. The van der Waals surface area contributed by atoms with Crippen LogP contribution in [0.5, 0.6) is 5.75 Å². The molecule has 0 bridgehead atoms. The fraction of sp³-hybridized carbons (Fsp3) is 0.621. The Balaban J connectivity index is 2.30. The Morgan fingerprint density at radius 3 is 2.07 bits per heavy atom. The van der Waals surface area contributed by atoms with Gasteiger partial charge in [0.25, 0.3) is 0 Å². The molecule has 6 nitrogen and oxygen atoms in total. The summed E-state index contributed by atoms with van der Waals surface area (Å²) in [6.45, 7) is 10.9. The molecule has 0 aliphatic heterocycles. The lowest BCUT2D eigenvalue weighted by atomic mass is 9.95. The van der Waals surface area contributed by atoms with Crippen LogP contribution in [0.4, 0.5) is 22.0 Å². The number of rotatable bonds is 17. The second kappa shape index (κ2) is 16.7. The molecule has 2 unspecified atom stereocenters. The molecule has 2 rings (SSSR count). The van der Waals surface area contributed by atoms with Gasteiger partial charge in [0.05, 0.1) is 0 Å². The van der Waals surface area contributed by atoms with Gasteiger partial charge in [-0.25, -0.2) is 22.9 Å². The Morgan fingerprint density at radius 2 is 1.51 bits per heavy atom. The zero-order valence-electron chi connectivity index (χ0n) is 24.2. The molecule has 0 spiro atoms. The highest BCUT2D eigenvalue weighted by Crippen LogP contribution is 2.33. The topological polar surface area (TPSA) is 68.7 Å². The van der Waals surface area contributed by atoms with Crippen LogP contribution in [0.25, 0.3) is 0 Å². The molecule has 0 aliphatic rings. The molecule has 1 heterocycles. The lowest BCUT2D eigenvalue weighted by Crippen LogP contribution is -2.45. The predicted molar refractivity (Wildman–Crippen MR) is 146 cm³/mol. The highest BCUT2D eigenvalue weighted by molar-refractivity contribution is 7.09. The number of halogens is 5. The fourth-order valence-corrected chi connectivity index (χ4v) is 5.27. The summed E-state index contributed by atoms with van der Waals surface area (Å²) in [4.78, 5) is 32.0. The molecule has 12 heteroatoms. The van der Waals surface area contributed by atoms with E-state index in [4.69, 9.17) is 4.74 Å². The van der Waals surface area contributed by atoms with Crippen LogP contribution < -0.4 is 4.74 Å². The Hall–Kier alpha value is -2.60. The van der Waals surface area contributed by atoms with Crippen molar-refractivity contribution in [3.8, 4) is 5.75 Å². The normalized spacial score (nSPS) is 13.0. The first-order valence-electron chi connectivity index (χ1n) is 14.1. The molecule has 0 N–H and O–H groups in total. The third kappa shape index (κ3) is 9.19.